The molecule has 0 fully saturated rings. The van der Waals surface area contributed by atoms with Gasteiger partial charge in [0.05, 0.1) is 6.61 Å². The van der Waals surface area contributed by atoms with Crippen molar-refractivity contribution in [2.75, 3.05) is 13.2 Å². The Kier molecular flexibility index (Phi) is 4.01. The second-order valence-electron chi connectivity index (χ2n) is 3.52. The molecule has 1 aromatic carbocycles. The number of thiazole rings is 1. The molecule has 6 heteroatoms. The van der Waals surface area contributed by atoms with Crippen molar-refractivity contribution >= 4 is 17.2 Å². The van der Waals surface area contributed by atoms with E-state index in [0.29, 0.717) is 10.7 Å². The van der Waals surface area contributed by atoms with E-state index in [1.165, 1.54) is 23.5 Å². The largest absolute Gasteiger partial charge is 0.395 e. The first-order valence-electron chi connectivity index (χ1n) is 5.31. The van der Waals surface area contributed by atoms with E-state index in [9.17, 15) is 9.18 Å². The van der Waals surface area contributed by atoms with Gasteiger partial charge in [0.25, 0.3) is 5.91 Å². The smallest absolute Gasteiger partial charge is 0.270 e. The molecule has 0 bridgehead atoms. The highest BCUT2D eigenvalue weighted by Gasteiger charge is 2.11. The van der Waals surface area contributed by atoms with E-state index in [-0.39, 0.29) is 24.9 Å². The molecule has 0 saturated heterocycles. The number of hydrogen-bond acceptors (Lipinski definition) is 4. The van der Waals surface area contributed by atoms with Crippen LogP contribution >= 0.6 is 11.3 Å². The van der Waals surface area contributed by atoms with Crippen molar-refractivity contribution in [1.29, 1.82) is 0 Å². The van der Waals surface area contributed by atoms with Crippen LogP contribution in [0.3, 0.4) is 0 Å². The second kappa shape index (κ2) is 5.70. The number of amides is 1. The van der Waals surface area contributed by atoms with Gasteiger partial charge in [0, 0.05) is 17.5 Å². The zero-order valence-corrected chi connectivity index (χ0v) is 10.2. The first-order chi connectivity index (χ1) is 8.70. The Hall–Kier alpha value is -1.79. The number of benzene rings is 1. The van der Waals surface area contributed by atoms with Gasteiger partial charge in [-0.05, 0) is 24.3 Å². The third-order valence-corrected chi connectivity index (χ3v) is 3.12. The van der Waals surface area contributed by atoms with E-state index in [1.54, 1.807) is 17.5 Å². The molecule has 0 spiro atoms. The lowest BCUT2D eigenvalue weighted by Gasteiger charge is -1.99. The van der Waals surface area contributed by atoms with Gasteiger partial charge in [0.1, 0.15) is 16.5 Å². The summed E-state index contributed by atoms with van der Waals surface area (Å²) in [4.78, 5) is 15.7. The molecular formula is C12H11FN2O2S. The van der Waals surface area contributed by atoms with Crippen LogP contribution in [0.1, 0.15) is 10.5 Å². The molecule has 2 N–H and O–H groups in total. The van der Waals surface area contributed by atoms with Crippen LogP contribution in [0.15, 0.2) is 29.6 Å². The summed E-state index contributed by atoms with van der Waals surface area (Å²) in [6, 6.07) is 5.93. The second-order valence-corrected chi connectivity index (χ2v) is 4.38. The lowest BCUT2D eigenvalue weighted by Crippen LogP contribution is -2.26. The first-order valence-corrected chi connectivity index (χ1v) is 6.19. The van der Waals surface area contributed by atoms with Gasteiger partial charge in [-0.1, -0.05) is 0 Å². The molecule has 0 radical (unpaired) electrons. The Balaban J connectivity index is 2.15. The number of aromatic nitrogens is 1. The van der Waals surface area contributed by atoms with Crippen LogP contribution in [0.4, 0.5) is 4.39 Å². The van der Waals surface area contributed by atoms with Crippen LogP contribution in [0, 0.1) is 5.82 Å². The summed E-state index contributed by atoms with van der Waals surface area (Å²) in [5.41, 5.74) is 1.07. The SMILES string of the molecule is O=C(NCCO)c1csc(-c2ccc(F)cc2)n1. The van der Waals surface area contributed by atoms with Crippen molar-refractivity contribution in [3.05, 3.63) is 41.2 Å². The van der Waals surface area contributed by atoms with Crippen molar-refractivity contribution in [3.63, 3.8) is 0 Å². The summed E-state index contributed by atoms with van der Waals surface area (Å²) in [5.74, 6) is -0.634. The van der Waals surface area contributed by atoms with Gasteiger partial charge < -0.3 is 10.4 Å². The molecule has 1 aromatic heterocycles. The maximum Gasteiger partial charge on any atom is 0.270 e. The van der Waals surface area contributed by atoms with E-state index in [4.69, 9.17) is 5.11 Å². The molecule has 0 aliphatic rings. The predicted molar refractivity (Wildman–Crippen MR) is 66.9 cm³/mol. The zero-order chi connectivity index (χ0) is 13.0. The topological polar surface area (TPSA) is 62.2 Å². The number of nitrogens with zero attached hydrogens (tertiary/aromatic N) is 1. The minimum atomic E-state index is -0.325. The molecule has 4 nitrogen and oxygen atoms in total. The van der Waals surface area contributed by atoms with Crippen molar-refractivity contribution in [2.45, 2.75) is 0 Å². The molecule has 0 unspecified atom stereocenters. The van der Waals surface area contributed by atoms with Gasteiger partial charge in [-0.2, -0.15) is 0 Å². The Morgan fingerprint density at radius 2 is 2.11 bits per heavy atom. The third kappa shape index (κ3) is 2.91. The Morgan fingerprint density at radius 1 is 1.39 bits per heavy atom. The van der Waals surface area contributed by atoms with Crippen LogP contribution in [0.5, 0.6) is 0 Å². The summed E-state index contributed by atoms with van der Waals surface area (Å²) in [7, 11) is 0. The van der Waals surface area contributed by atoms with Crippen molar-refractivity contribution in [1.82, 2.24) is 10.3 Å². The van der Waals surface area contributed by atoms with Gasteiger partial charge >= 0.3 is 0 Å². The van der Waals surface area contributed by atoms with E-state index in [0.717, 1.165) is 5.56 Å². The van der Waals surface area contributed by atoms with Gasteiger partial charge in [0.15, 0.2) is 0 Å². The summed E-state index contributed by atoms with van der Waals surface area (Å²) >= 11 is 1.31. The monoisotopic (exact) mass is 266 g/mol. The van der Waals surface area contributed by atoms with Gasteiger partial charge in [-0.15, -0.1) is 11.3 Å². The van der Waals surface area contributed by atoms with Gasteiger partial charge in [0.2, 0.25) is 0 Å². The lowest BCUT2D eigenvalue weighted by atomic mass is 10.2. The fourth-order valence-electron chi connectivity index (χ4n) is 1.36. The Morgan fingerprint density at radius 3 is 2.78 bits per heavy atom. The third-order valence-electron chi connectivity index (χ3n) is 2.23. The first kappa shape index (κ1) is 12.7. The molecule has 2 rings (SSSR count). The van der Waals surface area contributed by atoms with Gasteiger partial charge in [-0.25, -0.2) is 9.37 Å². The standard InChI is InChI=1S/C12H11FN2O2S/c13-9-3-1-8(2-4-9)12-15-10(7-18-12)11(17)14-5-6-16/h1-4,7,16H,5-6H2,(H,14,17). The fourth-order valence-corrected chi connectivity index (χ4v) is 2.17. The minimum absolute atomic E-state index is 0.110. The number of halogens is 1. The minimum Gasteiger partial charge on any atom is -0.395 e. The summed E-state index contributed by atoms with van der Waals surface area (Å²) in [6.07, 6.45) is 0. The average Bonchev–Trinajstić information content (AvgIpc) is 2.86. The van der Waals surface area contributed by atoms with Crippen LogP contribution in [-0.2, 0) is 0 Å². The zero-order valence-electron chi connectivity index (χ0n) is 9.39. The Labute approximate surface area is 107 Å². The molecule has 18 heavy (non-hydrogen) atoms. The molecule has 0 saturated carbocycles. The predicted octanol–water partition coefficient (Wildman–Crippen LogP) is 1.67. The lowest BCUT2D eigenvalue weighted by molar-refractivity contribution is 0.0940. The fraction of sp³-hybridized carbons (Fsp3) is 0.167. The molecule has 0 aliphatic heterocycles. The molecular weight excluding hydrogens is 255 g/mol. The quantitative estimate of drug-likeness (QED) is 0.885. The normalized spacial score (nSPS) is 10.3. The highest BCUT2D eigenvalue weighted by molar-refractivity contribution is 7.13. The molecule has 1 amide bonds. The van der Waals surface area contributed by atoms with E-state index >= 15 is 0 Å². The number of hydrogen-bond donors (Lipinski definition) is 2. The van der Waals surface area contributed by atoms with Crippen LogP contribution in [-0.4, -0.2) is 29.1 Å². The molecule has 94 valence electrons. The summed E-state index contributed by atoms with van der Waals surface area (Å²) < 4.78 is 12.8. The molecule has 0 atom stereocenters. The highest BCUT2D eigenvalue weighted by atomic mass is 32.1. The van der Waals surface area contributed by atoms with Crippen molar-refractivity contribution < 1.29 is 14.3 Å². The number of nitrogens with one attached hydrogen (secondary N) is 1. The van der Waals surface area contributed by atoms with Crippen LogP contribution < -0.4 is 5.32 Å². The Bertz CT molecular complexity index is 539. The van der Waals surface area contributed by atoms with Crippen LogP contribution in [0.25, 0.3) is 10.6 Å². The number of aliphatic hydroxyl groups excluding tert-OH is 1. The van der Waals surface area contributed by atoms with Crippen molar-refractivity contribution in [2.24, 2.45) is 0 Å². The van der Waals surface area contributed by atoms with E-state index in [1.807, 2.05) is 0 Å². The maximum atomic E-state index is 12.8. The maximum absolute atomic E-state index is 12.8. The van der Waals surface area contributed by atoms with E-state index in [2.05, 4.69) is 10.3 Å². The number of aliphatic hydroxyl groups is 1. The van der Waals surface area contributed by atoms with Crippen molar-refractivity contribution in [3.8, 4) is 10.6 Å². The van der Waals surface area contributed by atoms with Crippen LogP contribution in [0.2, 0.25) is 0 Å². The highest BCUT2D eigenvalue weighted by Crippen LogP contribution is 2.23. The summed E-state index contributed by atoms with van der Waals surface area (Å²) in [5, 5.41) is 13.4. The number of carbonyl (C=O) groups excluding carboxylic acids is 1. The van der Waals surface area contributed by atoms with E-state index < -0.39 is 0 Å². The molecule has 0 aliphatic carbocycles. The summed E-state index contributed by atoms with van der Waals surface area (Å²) in [6.45, 7) is 0.0862. The molecule has 2 aromatic rings. The number of rotatable bonds is 4. The molecule has 1 heterocycles. The average molecular weight is 266 g/mol. The van der Waals surface area contributed by atoms with Gasteiger partial charge in [-0.3, -0.25) is 4.79 Å². The number of carbonyl (C=O) groups is 1.